The minimum atomic E-state index is -0.146. The first-order chi connectivity index (χ1) is 11.7. The third kappa shape index (κ3) is 3.26. The summed E-state index contributed by atoms with van der Waals surface area (Å²) in [7, 11) is 0. The Bertz CT molecular complexity index is 764. The number of hydrogen-bond donors (Lipinski definition) is 1. The third-order valence-electron chi connectivity index (χ3n) is 4.48. The van der Waals surface area contributed by atoms with Crippen molar-refractivity contribution in [2.24, 2.45) is 5.92 Å². The number of carbonyl (C=O) groups is 1. The highest BCUT2D eigenvalue weighted by Gasteiger charge is 2.44. The van der Waals surface area contributed by atoms with Gasteiger partial charge in [0.1, 0.15) is 12.7 Å². The highest BCUT2D eigenvalue weighted by Crippen LogP contribution is 2.47. The van der Waals surface area contributed by atoms with Crippen molar-refractivity contribution < 1.29 is 14.3 Å². The maximum absolute atomic E-state index is 12.3. The summed E-state index contributed by atoms with van der Waals surface area (Å²) in [4.78, 5) is 12.3. The van der Waals surface area contributed by atoms with Crippen LogP contribution in [0, 0.1) is 5.92 Å². The summed E-state index contributed by atoms with van der Waals surface area (Å²) in [5, 5.41) is 3.00. The van der Waals surface area contributed by atoms with Crippen LogP contribution in [0.2, 0.25) is 0 Å². The van der Waals surface area contributed by atoms with Crippen molar-refractivity contribution in [3.63, 3.8) is 0 Å². The van der Waals surface area contributed by atoms with Gasteiger partial charge in [-0.2, -0.15) is 0 Å². The summed E-state index contributed by atoms with van der Waals surface area (Å²) >= 11 is 3.48. The molecule has 0 aromatic heterocycles. The van der Waals surface area contributed by atoms with Crippen molar-refractivity contribution in [1.82, 2.24) is 5.32 Å². The number of rotatable bonds is 4. The van der Waals surface area contributed by atoms with Crippen LogP contribution in [0.1, 0.15) is 17.9 Å². The molecule has 2 aliphatic rings. The Labute approximate surface area is 149 Å². The summed E-state index contributed by atoms with van der Waals surface area (Å²) in [6.07, 6.45) is 0.763. The molecule has 1 aliphatic carbocycles. The number of amides is 1. The van der Waals surface area contributed by atoms with Crippen LogP contribution in [-0.4, -0.2) is 25.2 Å². The summed E-state index contributed by atoms with van der Waals surface area (Å²) in [5.74, 6) is 1.99. The molecule has 2 aromatic rings. The monoisotopic (exact) mass is 387 g/mol. The van der Waals surface area contributed by atoms with E-state index in [1.54, 1.807) is 0 Å². The lowest BCUT2D eigenvalue weighted by Gasteiger charge is -2.26. The van der Waals surface area contributed by atoms with Gasteiger partial charge in [0, 0.05) is 10.4 Å². The Hall–Kier alpha value is -2.01. The van der Waals surface area contributed by atoms with Gasteiger partial charge in [0.15, 0.2) is 11.5 Å². The molecule has 3 unspecified atom stereocenters. The standard InChI is InChI=1S/C19H18BrNO3/c20-13-5-3-4-12(8-13)15-9-16(15)19(22)21-10-14-11-23-17-6-1-2-7-18(17)24-14/h1-8,14-16H,9-11H2,(H,21,22). The Kier molecular flexibility index (Phi) is 4.19. The molecular formula is C19H18BrNO3. The number of hydrogen-bond acceptors (Lipinski definition) is 3. The minimum Gasteiger partial charge on any atom is -0.486 e. The number of fused-ring (bicyclic) bond motifs is 1. The van der Waals surface area contributed by atoms with E-state index in [9.17, 15) is 4.79 Å². The quantitative estimate of drug-likeness (QED) is 0.872. The van der Waals surface area contributed by atoms with Gasteiger partial charge in [-0.15, -0.1) is 0 Å². The Balaban J connectivity index is 1.29. The van der Waals surface area contributed by atoms with Crippen molar-refractivity contribution in [3.05, 3.63) is 58.6 Å². The molecule has 5 heteroatoms. The molecule has 1 heterocycles. The van der Waals surface area contributed by atoms with Gasteiger partial charge in [0.25, 0.3) is 0 Å². The molecule has 124 valence electrons. The first-order valence-electron chi connectivity index (χ1n) is 8.12. The first kappa shape index (κ1) is 15.5. The molecule has 1 fully saturated rings. The minimum absolute atomic E-state index is 0.0658. The predicted molar refractivity (Wildman–Crippen MR) is 94.4 cm³/mol. The highest BCUT2D eigenvalue weighted by molar-refractivity contribution is 9.10. The summed E-state index contributed by atoms with van der Waals surface area (Å²) in [5.41, 5.74) is 1.22. The van der Waals surface area contributed by atoms with E-state index in [4.69, 9.17) is 9.47 Å². The lowest BCUT2D eigenvalue weighted by atomic mass is 10.1. The second-order valence-corrected chi connectivity index (χ2v) is 7.16. The molecule has 0 saturated heterocycles. The smallest absolute Gasteiger partial charge is 0.223 e. The zero-order chi connectivity index (χ0) is 16.5. The van der Waals surface area contributed by atoms with Crippen LogP contribution >= 0.6 is 15.9 Å². The number of ether oxygens (including phenoxy) is 2. The van der Waals surface area contributed by atoms with Gasteiger partial charge in [-0.25, -0.2) is 0 Å². The fraction of sp³-hybridized carbons (Fsp3) is 0.316. The van der Waals surface area contributed by atoms with Crippen molar-refractivity contribution >= 4 is 21.8 Å². The molecule has 0 radical (unpaired) electrons. The Morgan fingerprint density at radius 1 is 1.17 bits per heavy atom. The molecule has 4 rings (SSSR count). The van der Waals surface area contributed by atoms with Gasteiger partial charge in [-0.3, -0.25) is 4.79 Å². The molecule has 0 bridgehead atoms. The zero-order valence-electron chi connectivity index (χ0n) is 13.1. The highest BCUT2D eigenvalue weighted by atomic mass is 79.9. The van der Waals surface area contributed by atoms with Crippen molar-refractivity contribution in [2.75, 3.05) is 13.2 Å². The molecule has 1 aliphatic heterocycles. The molecule has 2 aromatic carbocycles. The first-order valence-corrected chi connectivity index (χ1v) is 8.91. The van der Waals surface area contributed by atoms with Crippen LogP contribution in [-0.2, 0) is 4.79 Å². The normalized spacial score (nSPS) is 24.3. The molecule has 3 atom stereocenters. The Morgan fingerprint density at radius 2 is 2.00 bits per heavy atom. The van der Waals surface area contributed by atoms with E-state index in [2.05, 4.69) is 33.4 Å². The van der Waals surface area contributed by atoms with E-state index in [1.165, 1.54) is 5.56 Å². The Morgan fingerprint density at radius 3 is 2.83 bits per heavy atom. The molecule has 1 saturated carbocycles. The summed E-state index contributed by atoms with van der Waals surface area (Å²) < 4.78 is 12.6. The number of benzene rings is 2. The van der Waals surface area contributed by atoms with Gasteiger partial charge >= 0.3 is 0 Å². The zero-order valence-corrected chi connectivity index (χ0v) is 14.7. The predicted octanol–water partition coefficient (Wildman–Crippen LogP) is 3.51. The van der Waals surface area contributed by atoms with Crippen LogP contribution in [0.5, 0.6) is 11.5 Å². The van der Waals surface area contributed by atoms with Crippen molar-refractivity contribution in [1.29, 1.82) is 0 Å². The molecule has 1 amide bonds. The summed E-state index contributed by atoms with van der Waals surface area (Å²) in [6, 6.07) is 15.8. The SMILES string of the molecule is O=C(NCC1COc2ccccc2O1)C1CC1c1cccc(Br)c1. The van der Waals surface area contributed by atoms with E-state index in [1.807, 2.05) is 36.4 Å². The number of halogens is 1. The lowest BCUT2D eigenvalue weighted by molar-refractivity contribution is -0.122. The van der Waals surface area contributed by atoms with Crippen LogP contribution in [0.25, 0.3) is 0 Å². The molecule has 0 spiro atoms. The largest absolute Gasteiger partial charge is 0.486 e. The van der Waals surface area contributed by atoms with Crippen LogP contribution in [0.4, 0.5) is 0 Å². The van der Waals surface area contributed by atoms with Gasteiger partial charge in [0.2, 0.25) is 5.91 Å². The summed E-state index contributed by atoms with van der Waals surface area (Å²) in [6.45, 7) is 0.923. The van der Waals surface area contributed by atoms with E-state index in [0.717, 1.165) is 22.4 Å². The fourth-order valence-electron chi connectivity index (χ4n) is 3.10. The van der Waals surface area contributed by atoms with E-state index >= 15 is 0 Å². The van der Waals surface area contributed by atoms with Crippen LogP contribution in [0.3, 0.4) is 0 Å². The van der Waals surface area contributed by atoms with E-state index in [0.29, 0.717) is 19.1 Å². The van der Waals surface area contributed by atoms with Crippen molar-refractivity contribution in [2.45, 2.75) is 18.4 Å². The van der Waals surface area contributed by atoms with Gasteiger partial charge in [-0.05, 0) is 42.2 Å². The fourth-order valence-corrected chi connectivity index (χ4v) is 3.52. The van der Waals surface area contributed by atoms with E-state index < -0.39 is 0 Å². The maximum Gasteiger partial charge on any atom is 0.223 e. The maximum atomic E-state index is 12.3. The van der Waals surface area contributed by atoms with Crippen LogP contribution in [0.15, 0.2) is 53.0 Å². The number of carbonyl (C=O) groups excluding carboxylic acids is 1. The second-order valence-electron chi connectivity index (χ2n) is 6.25. The molecule has 1 N–H and O–H groups in total. The van der Waals surface area contributed by atoms with Gasteiger partial charge < -0.3 is 14.8 Å². The number of nitrogens with one attached hydrogen (secondary N) is 1. The second kappa shape index (κ2) is 6.48. The van der Waals surface area contributed by atoms with Gasteiger partial charge in [-0.1, -0.05) is 40.2 Å². The van der Waals surface area contributed by atoms with Crippen LogP contribution < -0.4 is 14.8 Å². The lowest BCUT2D eigenvalue weighted by Crippen LogP contribution is -2.41. The topological polar surface area (TPSA) is 47.6 Å². The molecule has 4 nitrogen and oxygen atoms in total. The molecular weight excluding hydrogens is 370 g/mol. The van der Waals surface area contributed by atoms with E-state index in [-0.39, 0.29) is 17.9 Å². The number of para-hydroxylation sites is 2. The molecule has 24 heavy (non-hydrogen) atoms. The third-order valence-corrected chi connectivity index (χ3v) is 4.97. The van der Waals surface area contributed by atoms with Crippen molar-refractivity contribution in [3.8, 4) is 11.5 Å². The van der Waals surface area contributed by atoms with Gasteiger partial charge in [0.05, 0.1) is 6.54 Å². The average Bonchev–Trinajstić information content (AvgIpc) is 3.40. The average molecular weight is 388 g/mol.